The lowest BCUT2D eigenvalue weighted by Gasteiger charge is -2.57. The van der Waals surface area contributed by atoms with Gasteiger partial charge >= 0.3 is 6.01 Å². The fraction of sp³-hybridized carbons (Fsp3) is 0.537. The second kappa shape index (κ2) is 14.0. The van der Waals surface area contributed by atoms with E-state index in [2.05, 4.69) is 27.6 Å². The van der Waals surface area contributed by atoms with Crippen LogP contribution in [0.1, 0.15) is 76.7 Å². The molecule has 0 bridgehead atoms. The summed E-state index contributed by atoms with van der Waals surface area (Å²) in [6.07, 6.45) is 18.3. The number of hydrogen-bond donors (Lipinski definition) is 1. The predicted octanol–water partition coefficient (Wildman–Crippen LogP) is 7.40. The number of halogens is 2. The fourth-order valence-electron chi connectivity index (χ4n) is 9.89. The Balaban J connectivity index is 1.19. The van der Waals surface area contributed by atoms with Gasteiger partial charge in [-0.2, -0.15) is 9.97 Å². The molecule has 4 aromatic rings. The summed E-state index contributed by atoms with van der Waals surface area (Å²) in [5.74, 6) is 1.48. The third-order valence-corrected chi connectivity index (χ3v) is 12.7. The minimum absolute atomic E-state index is 0.0274. The maximum Gasteiger partial charge on any atom is 0.319 e. The van der Waals surface area contributed by atoms with Gasteiger partial charge in [-0.15, -0.1) is 6.42 Å². The summed E-state index contributed by atoms with van der Waals surface area (Å²) < 4.78 is 50.1. The van der Waals surface area contributed by atoms with Crippen molar-refractivity contribution < 1.29 is 28.1 Å². The standard InChI is InChI=1S/C41H47F2N5O4/c1-4-30-33(42)13-8-26-22-28(49)23-31(34(26)30)36-35(43)37-32(24-44-36)38(47-17-7-20-51-21-19-47)46-39(45-37)52-25-41-15-5-14-40(41,2)48(18-6-16-41)27-9-11-29(50-3)12-10-27/h1,8,13,22-24,27,29,49H,5-7,9-12,14-21,25H2,2-3H3. The van der Waals surface area contributed by atoms with E-state index in [1.165, 1.54) is 24.3 Å². The van der Waals surface area contributed by atoms with E-state index < -0.39 is 11.6 Å². The van der Waals surface area contributed by atoms with Gasteiger partial charge in [-0.05, 0) is 94.8 Å². The normalized spacial score (nSPS) is 27.0. The lowest BCUT2D eigenvalue weighted by molar-refractivity contribution is -0.0989. The molecule has 274 valence electrons. The molecule has 0 spiro atoms. The number of terminal acetylenes is 1. The lowest BCUT2D eigenvalue weighted by atomic mass is 9.66. The molecule has 9 nitrogen and oxygen atoms in total. The van der Waals surface area contributed by atoms with E-state index in [1.54, 1.807) is 6.20 Å². The minimum Gasteiger partial charge on any atom is -0.508 e. The van der Waals surface area contributed by atoms with Gasteiger partial charge in [0.25, 0.3) is 0 Å². The number of fused-ring (bicyclic) bond motifs is 3. The molecule has 1 N–H and O–H groups in total. The molecular weight excluding hydrogens is 664 g/mol. The van der Waals surface area contributed by atoms with Crippen LogP contribution in [-0.4, -0.2) is 89.2 Å². The number of pyridine rings is 1. The van der Waals surface area contributed by atoms with E-state index in [0.717, 1.165) is 70.8 Å². The highest BCUT2D eigenvalue weighted by atomic mass is 19.1. The highest BCUT2D eigenvalue weighted by molar-refractivity contribution is 6.03. The molecule has 0 radical (unpaired) electrons. The molecule has 2 saturated heterocycles. The van der Waals surface area contributed by atoms with Gasteiger partial charge in [0.1, 0.15) is 28.6 Å². The number of anilines is 1. The van der Waals surface area contributed by atoms with Crippen LogP contribution in [0.15, 0.2) is 30.5 Å². The van der Waals surface area contributed by atoms with Gasteiger partial charge in [0, 0.05) is 60.9 Å². The topological polar surface area (TPSA) is 93.1 Å². The third kappa shape index (κ3) is 5.93. The highest BCUT2D eigenvalue weighted by Crippen LogP contribution is 2.56. The molecular formula is C41H47F2N5O4. The van der Waals surface area contributed by atoms with E-state index in [0.29, 0.717) is 67.0 Å². The first-order valence-corrected chi connectivity index (χ1v) is 18.8. The van der Waals surface area contributed by atoms with E-state index in [1.807, 2.05) is 7.11 Å². The van der Waals surface area contributed by atoms with Crippen molar-refractivity contribution in [3.05, 3.63) is 47.7 Å². The molecule has 2 saturated carbocycles. The first-order chi connectivity index (χ1) is 25.2. The van der Waals surface area contributed by atoms with E-state index in [9.17, 15) is 9.50 Å². The zero-order valence-electron chi connectivity index (χ0n) is 30.1. The second-order valence-electron chi connectivity index (χ2n) is 15.3. The maximum absolute atomic E-state index is 17.0. The summed E-state index contributed by atoms with van der Waals surface area (Å²) in [4.78, 5) is 19.1. The van der Waals surface area contributed by atoms with Crippen LogP contribution in [0, 0.1) is 29.4 Å². The van der Waals surface area contributed by atoms with Gasteiger partial charge in [-0.25, -0.2) is 8.78 Å². The Kier molecular flexibility index (Phi) is 9.43. The quantitative estimate of drug-likeness (QED) is 0.197. The van der Waals surface area contributed by atoms with Crippen LogP contribution in [-0.2, 0) is 9.47 Å². The van der Waals surface area contributed by atoms with E-state index in [-0.39, 0.29) is 45.1 Å². The number of methoxy groups -OCH3 is 1. The average Bonchev–Trinajstić information content (AvgIpc) is 3.29. The summed E-state index contributed by atoms with van der Waals surface area (Å²) in [6.45, 7) is 6.32. The molecule has 52 heavy (non-hydrogen) atoms. The number of benzene rings is 2. The monoisotopic (exact) mass is 711 g/mol. The van der Waals surface area contributed by atoms with Crippen molar-refractivity contribution in [2.24, 2.45) is 5.41 Å². The highest BCUT2D eigenvalue weighted by Gasteiger charge is 2.58. The molecule has 0 amide bonds. The zero-order chi connectivity index (χ0) is 36.0. The van der Waals surface area contributed by atoms with E-state index in [4.69, 9.17) is 30.6 Å². The number of aromatic hydroxyl groups is 1. The van der Waals surface area contributed by atoms with Crippen LogP contribution in [0.2, 0.25) is 0 Å². The Morgan fingerprint density at radius 1 is 1.02 bits per heavy atom. The number of ether oxygens (including phenoxy) is 3. The molecule has 2 aromatic carbocycles. The Morgan fingerprint density at radius 3 is 2.65 bits per heavy atom. The molecule has 4 aliphatic rings. The van der Waals surface area contributed by atoms with Gasteiger partial charge < -0.3 is 24.2 Å². The number of phenols is 1. The molecule has 11 heteroatoms. The Hall–Kier alpha value is -4.11. The number of likely N-dealkylation sites (tertiary alicyclic amines) is 1. The van der Waals surface area contributed by atoms with Crippen LogP contribution < -0.4 is 9.64 Å². The maximum atomic E-state index is 17.0. The zero-order valence-corrected chi connectivity index (χ0v) is 30.1. The fourth-order valence-corrected chi connectivity index (χ4v) is 9.89. The molecule has 2 aromatic heterocycles. The number of phenolic OH excluding ortho intramolecular Hbond substituents is 1. The summed E-state index contributed by atoms with van der Waals surface area (Å²) in [7, 11) is 1.82. The number of aromatic nitrogens is 3. The summed E-state index contributed by atoms with van der Waals surface area (Å²) in [5.41, 5.74) is -0.0277. The number of nitrogens with zero attached hydrogens (tertiary/aromatic N) is 5. The molecule has 2 aliphatic heterocycles. The van der Waals surface area contributed by atoms with Crippen molar-refractivity contribution in [2.75, 3.05) is 51.5 Å². The van der Waals surface area contributed by atoms with Gasteiger partial charge in [-0.1, -0.05) is 18.4 Å². The second-order valence-corrected chi connectivity index (χ2v) is 15.3. The van der Waals surface area contributed by atoms with Crippen LogP contribution in [0.25, 0.3) is 32.9 Å². The van der Waals surface area contributed by atoms with Gasteiger partial charge in [0.2, 0.25) is 0 Å². The van der Waals surface area contributed by atoms with Crippen molar-refractivity contribution >= 4 is 27.5 Å². The lowest BCUT2D eigenvalue weighted by Crippen LogP contribution is -2.64. The molecule has 4 fully saturated rings. The van der Waals surface area contributed by atoms with Crippen molar-refractivity contribution in [3.63, 3.8) is 0 Å². The molecule has 8 rings (SSSR count). The Labute approximate surface area is 303 Å². The summed E-state index contributed by atoms with van der Waals surface area (Å²) in [6, 6.07) is 6.22. The van der Waals surface area contributed by atoms with Crippen molar-refractivity contribution in [1.29, 1.82) is 0 Å². The number of piperidine rings is 1. The molecule has 4 heterocycles. The first-order valence-electron chi connectivity index (χ1n) is 18.8. The first kappa shape index (κ1) is 34.9. The summed E-state index contributed by atoms with van der Waals surface area (Å²) >= 11 is 0. The Bertz CT molecular complexity index is 2020. The van der Waals surface area contributed by atoms with Gasteiger partial charge in [-0.3, -0.25) is 9.88 Å². The molecule has 2 unspecified atom stereocenters. The van der Waals surface area contributed by atoms with Crippen LogP contribution in [0.4, 0.5) is 14.6 Å². The van der Waals surface area contributed by atoms with Gasteiger partial charge in [0.05, 0.1) is 30.3 Å². The van der Waals surface area contributed by atoms with Crippen LogP contribution in [0.5, 0.6) is 11.8 Å². The number of rotatable bonds is 7. The Morgan fingerprint density at radius 2 is 1.85 bits per heavy atom. The van der Waals surface area contributed by atoms with E-state index >= 15 is 4.39 Å². The SMILES string of the molecule is C#Cc1c(F)ccc2cc(O)cc(-c3ncc4c(N5CCCOCC5)nc(OCC56CCCN(C7CCC(OC)CC7)C5(C)CCC6)nc4c3F)c12. The third-order valence-electron chi connectivity index (χ3n) is 12.7. The average molecular weight is 712 g/mol. The summed E-state index contributed by atoms with van der Waals surface area (Å²) in [5, 5.41) is 11.8. The minimum atomic E-state index is -0.726. The predicted molar refractivity (Wildman–Crippen MR) is 197 cm³/mol. The largest absolute Gasteiger partial charge is 0.508 e. The van der Waals surface area contributed by atoms with Crippen molar-refractivity contribution in [2.45, 2.75) is 88.8 Å². The van der Waals surface area contributed by atoms with Crippen molar-refractivity contribution in [3.8, 4) is 35.4 Å². The number of hydrogen-bond acceptors (Lipinski definition) is 9. The van der Waals surface area contributed by atoms with Crippen LogP contribution >= 0.6 is 0 Å². The van der Waals surface area contributed by atoms with Crippen LogP contribution in [0.3, 0.4) is 0 Å². The smallest absolute Gasteiger partial charge is 0.319 e. The molecule has 2 aliphatic carbocycles. The van der Waals surface area contributed by atoms with Gasteiger partial charge in [0.15, 0.2) is 5.82 Å². The molecule has 2 atom stereocenters. The van der Waals surface area contributed by atoms with Crippen molar-refractivity contribution in [1.82, 2.24) is 19.9 Å².